The summed E-state index contributed by atoms with van der Waals surface area (Å²) in [6, 6.07) is 21.4. The van der Waals surface area contributed by atoms with E-state index in [4.69, 9.17) is 23.9 Å². The molecule has 0 bridgehead atoms. The van der Waals surface area contributed by atoms with Crippen LogP contribution in [0.15, 0.2) is 88.2 Å². The van der Waals surface area contributed by atoms with Gasteiger partial charge in [-0.05, 0) is 75.1 Å². The van der Waals surface area contributed by atoms with Gasteiger partial charge in [0.1, 0.15) is 5.75 Å². The number of fused-ring (bicyclic) bond motifs is 1. The lowest BCUT2D eigenvalue weighted by Crippen LogP contribution is -2.40. The third-order valence-electron chi connectivity index (χ3n) is 8.26. The van der Waals surface area contributed by atoms with E-state index in [2.05, 4.69) is 0 Å². The zero-order chi connectivity index (χ0) is 34.3. The molecular weight excluding hydrogens is 642 g/mol. The first-order chi connectivity index (χ1) is 23.9. The summed E-state index contributed by atoms with van der Waals surface area (Å²) in [6.45, 7) is 8.03. The van der Waals surface area contributed by atoms with Crippen molar-refractivity contribution in [3.63, 3.8) is 0 Å². The monoisotopic (exact) mass is 681 g/mol. The predicted molar refractivity (Wildman–Crippen MR) is 188 cm³/mol. The highest BCUT2D eigenvalue weighted by Gasteiger charge is 2.35. The summed E-state index contributed by atoms with van der Waals surface area (Å²) in [6.07, 6.45) is 3.79. The molecule has 0 aliphatic carbocycles. The number of aromatic nitrogens is 1. The van der Waals surface area contributed by atoms with Crippen LogP contribution < -0.4 is 29.1 Å². The highest BCUT2D eigenvalue weighted by atomic mass is 32.1. The number of likely N-dealkylation sites (tertiary alicyclic amines) is 1. The van der Waals surface area contributed by atoms with Gasteiger partial charge in [-0.1, -0.05) is 59.9 Å². The van der Waals surface area contributed by atoms with Gasteiger partial charge in [0.25, 0.3) is 11.5 Å². The van der Waals surface area contributed by atoms with E-state index in [1.165, 1.54) is 11.3 Å². The summed E-state index contributed by atoms with van der Waals surface area (Å²) >= 11 is 1.24. The van der Waals surface area contributed by atoms with E-state index in [9.17, 15) is 14.4 Å². The molecule has 10 nitrogen and oxygen atoms in total. The lowest BCUT2D eigenvalue weighted by atomic mass is 9.93. The molecule has 3 heterocycles. The number of hydrogen-bond donors (Lipinski definition) is 0. The number of esters is 1. The van der Waals surface area contributed by atoms with Gasteiger partial charge in [-0.15, -0.1) is 0 Å². The average Bonchev–Trinajstić information content (AvgIpc) is 3.77. The molecule has 0 spiro atoms. The fourth-order valence-electron chi connectivity index (χ4n) is 6.02. The van der Waals surface area contributed by atoms with Gasteiger partial charge in [0.2, 0.25) is 0 Å². The van der Waals surface area contributed by atoms with Crippen LogP contribution in [0.4, 0.5) is 0 Å². The van der Waals surface area contributed by atoms with E-state index in [0.29, 0.717) is 56.6 Å². The molecule has 0 N–H and O–H groups in total. The summed E-state index contributed by atoms with van der Waals surface area (Å²) in [5.41, 5.74) is 2.59. The zero-order valence-corrected chi connectivity index (χ0v) is 28.7. The van der Waals surface area contributed by atoms with Crippen LogP contribution in [0.3, 0.4) is 0 Å². The minimum Gasteiger partial charge on any atom is -0.494 e. The van der Waals surface area contributed by atoms with E-state index in [1.54, 1.807) is 29.7 Å². The molecule has 254 valence electrons. The molecule has 2 aliphatic heterocycles. The third kappa shape index (κ3) is 7.31. The van der Waals surface area contributed by atoms with Crippen molar-refractivity contribution in [3.8, 4) is 17.2 Å². The molecule has 0 radical (unpaired) electrons. The van der Waals surface area contributed by atoms with E-state index in [-0.39, 0.29) is 30.3 Å². The quantitative estimate of drug-likeness (QED) is 0.199. The second kappa shape index (κ2) is 15.4. The molecule has 1 fully saturated rings. The summed E-state index contributed by atoms with van der Waals surface area (Å²) in [5, 5.41) is 0. The Kier molecular flexibility index (Phi) is 10.6. The molecular formula is C38H39N3O7S. The largest absolute Gasteiger partial charge is 0.494 e. The Morgan fingerprint density at radius 3 is 2.31 bits per heavy atom. The lowest BCUT2D eigenvalue weighted by Gasteiger charge is -2.26. The fourth-order valence-corrected chi connectivity index (χ4v) is 7.02. The van der Waals surface area contributed by atoms with Crippen molar-refractivity contribution in [2.75, 3.05) is 39.5 Å². The van der Waals surface area contributed by atoms with E-state index in [0.717, 1.165) is 31.5 Å². The van der Waals surface area contributed by atoms with Gasteiger partial charge in [0, 0.05) is 18.7 Å². The molecule has 11 heteroatoms. The van der Waals surface area contributed by atoms with Crippen LogP contribution in [0.1, 0.15) is 56.3 Å². The molecule has 4 aromatic rings. The number of carbonyl (C=O) groups excluding carboxylic acids is 2. The SMILES string of the molecule is CCOC(=O)C1=C(c2ccccc2)N=c2s/c(=C\c3ccc(OCC(=O)N4CCCC4)c(OCC)c3)c(=O)n2[C@@H]1c1ccc(OCC)cc1. The number of thiazole rings is 1. The number of nitrogens with zero attached hydrogens (tertiary/aromatic N) is 3. The van der Waals surface area contributed by atoms with Gasteiger partial charge in [-0.3, -0.25) is 14.2 Å². The standard InChI is InChI=1S/C38H39N3O7S/c1-4-45-28-17-15-27(16-18-28)35-33(37(44)47-6-3)34(26-12-8-7-9-13-26)39-38-41(35)36(43)31(49-38)23-25-14-19-29(30(22-25)46-5-2)48-24-32(42)40-20-10-11-21-40/h7-9,12-19,22-23,35H,4-6,10-11,20-21,24H2,1-3H3/b31-23-/t35-/m1/s1. The van der Waals surface area contributed by atoms with Crippen LogP contribution >= 0.6 is 11.3 Å². The Morgan fingerprint density at radius 1 is 0.878 bits per heavy atom. The summed E-state index contributed by atoms with van der Waals surface area (Å²) in [7, 11) is 0. The van der Waals surface area contributed by atoms with Crippen molar-refractivity contribution in [3.05, 3.63) is 115 Å². The molecule has 0 unspecified atom stereocenters. The first-order valence-electron chi connectivity index (χ1n) is 16.6. The number of rotatable bonds is 12. The second-order valence-electron chi connectivity index (χ2n) is 11.4. The summed E-state index contributed by atoms with van der Waals surface area (Å²) in [4.78, 5) is 47.8. The van der Waals surface area contributed by atoms with Crippen LogP contribution in [-0.2, 0) is 14.3 Å². The number of ether oxygens (including phenoxy) is 4. The topological polar surface area (TPSA) is 109 Å². The van der Waals surface area contributed by atoms with E-state index >= 15 is 0 Å². The lowest BCUT2D eigenvalue weighted by molar-refractivity contribution is -0.139. The normalized spacial score (nSPS) is 15.9. The van der Waals surface area contributed by atoms with Crippen molar-refractivity contribution < 1.29 is 28.5 Å². The molecule has 3 aromatic carbocycles. The zero-order valence-electron chi connectivity index (χ0n) is 27.8. The minimum absolute atomic E-state index is 0.0516. The van der Waals surface area contributed by atoms with Crippen molar-refractivity contribution in [1.29, 1.82) is 0 Å². The second-order valence-corrected chi connectivity index (χ2v) is 12.5. The highest BCUT2D eigenvalue weighted by molar-refractivity contribution is 7.07. The van der Waals surface area contributed by atoms with Gasteiger partial charge in [0.15, 0.2) is 22.9 Å². The van der Waals surface area contributed by atoms with Crippen molar-refractivity contribution in [1.82, 2.24) is 9.47 Å². The highest BCUT2D eigenvalue weighted by Crippen LogP contribution is 2.36. The van der Waals surface area contributed by atoms with Gasteiger partial charge in [-0.2, -0.15) is 0 Å². The average molecular weight is 682 g/mol. The Morgan fingerprint density at radius 2 is 1.61 bits per heavy atom. The fraction of sp³-hybridized carbons (Fsp3) is 0.316. The molecule has 1 saturated heterocycles. The molecule has 49 heavy (non-hydrogen) atoms. The maximum absolute atomic E-state index is 14.3. The number of benzene rings is 3. The van der Waals surface area contributed by atoms with Gasteiger partial charge >= 0.3 is 5.97 Å². The molecule has 1 atom stereocenters. The Balaban J connectivity index is 1.45. The first kappa shape index (κ1) is 33.7. The van der Waals surface area contributed by atoms with Crippen molar-refractivity contribution >= 4 is 35.0 Å². The number of amides is 1. The van der Waals surface area contributed by atoms with Crippen molar-refractivity contribution in [2.45, 2.75) is 39.7 Å². The summed E-state index contributed by atoms with van der Waals surface area (Å²) < 4.78 is 25.0. The smallest absolute Gasteiger partial charge is 0.338 e. The predicted octanol–water partition coefficient (Wildman–Crippen LogP) is 4.73. The van der Waals surface area contributed by atoms with E-state index in [1.807, 2.05) is 79.4 Å². The van der Waals surface area contributed by atoms with Crippen LogP contribution in [0.5, 0.6) is 17.2 Å². The molecule has 0 saturated carbocycles. The van der Waals surface area contributed by atoms with Gasteiger partial charge < -0.3 is 23.8 Å². The number of carbonyl (C=O) groups is 2. The Hall–Kier alpha value is -5.16. The Labute approximate surface area is 288 Å². The Bertz CT molecular complexity index is 2030. The molecule has 1 aromatic heterocycles. The van der Waals surface area contributed by atoms with Crippen LogP contribution in [0.2, 0.25) is 0 Å². The third-order valence-corrected chi connectivity index (χ3v) is 9.24. The maximum Gasteiger partial charge on any atom is 0.338 e. The van der Waals surface area contributed by atoms with Crippen LogP contribution in [0, 0.1) is 0 Å². The van der Waals surface area contributed by atoms with Crippen LogP contribution in [-0.4, -0.2) is 60.9 Å². The van der Waals surface area contributed by atoms with Crippen LogP contribution in [0.25, 0.3) is 11.8 Å². The number of hydrogen-bond acceptors (Lipinski definition) is 9. The van der Waals surface area contributed by atoms with Gasteiger partial charge in [0.05, 0.1) is 41.7 Å². The van der Waals surface area contributed by atoms with E-state index < -0.39 is 12.0 Å². The summed E-state index contributed by atoms with van der Waals surface area (Å²) in [5.74, 6) is 1.01. The molecule has 2 aliphatic rings. The van der Waals surface area contributed by atoms with Crippen molar-refractivity contribution in [2.24, 2.45) is 4.99 Å². The maximum atomic E-state index is 14.3. The molecule has 6 rings (SSSR count). The molecule has 1 amide bonds. The first-order valence-corrected chi connectivity index (χ1v) is 17.4. The van der Waals surface area contributed by atoms with Gasteiger partial charge in [-0.25, -0.2) is 9.79 Å². The minimum atomic E-state index is -0.800.